The lowest BCUT2D eigenvalue weighted by molar-refractivity contribution is -0.117. The predicted octanol–water partition coefficient (Wildman–Crippen LogP) is 2.82. The second-order valence-electron chi connectivity index (χ2n) is 5.56. The van der Waals surface area contributed by atoms with E-state index in [9.17, 15) is 4.79 Å². The van der Waals surface area contributed by atoms with Crippen molar-refractivity contribution in [2.24, 2.45) is 0 Å². The van der Waals surface area contributed by atoms with Crippen LogP contribution in [0.25, 0.3) is 0 Å². The van der Waals surface area contributed by atoms with Crippen molar-refractivity contribution in [3.63, 3.8) is 0 Å². The number of hydrogen-bond donors (Lipinski definition) is 1. The van der Waals surface area contributed by atoms with Crippen molar-refractivity contribution in [2.75, 3.05) is 11.4 Å². The number of benzene rings is 1. The van der Waals surface area contributed by atoms with Crippen LogP contribution in [0.5, 0.6) is 0 Å². The van der Waals surface area contributed by atoms with Crippen molar-refractivity contribution in [1.82, 2.24) is 15.5 Å². The Bertz CT molecular complexity index is 670. The van der Waals surface area contributed by atoms with Gasteiger partial charge in [-0.1, -0.05) is 12.1 Å². The number of amides is 1. The zero-order valence-electron chi connectivity index (χ0n) is 12.9. The third kappa shape index (κ3) is 3.34. The van der Waals surface area contributed by atoms with Gasteiger partial charge in [-0.3, -0.25) is 4.79 Å². The summed E-state index contributed by atoms with van der Waals surface area (Å²) in [5.74, 6) is 0.224. The van der Waals surface area contributed by atoms with Crippen LogP contribution in [0.1, 0.15) is 41.4 Å². The standard InChI is InChI=1S/C16H20N4OS/c1-11(17-10-15-19-18-12(2)22-15)13-5-3-6-14(9-13)20-8-4-7-16(20)21/h3,5-6,9,11,17H,4,7-8,10H2,1-2H3. The molecule has 1 atom stereocenters. The van der Waals surface area contributed by atoms with Crippen LogP contribution in [0.15, 0.2) is 24.3 Å². The Hall–Kier alpha value is -1.79. The molecule has 5 nitrogen and oxygen atoms in total. The molecule has 1 aromatic carbocycles. The maximum atomic E-state index is 11.9. The fraction of sp³-hybridized carbons (Fsp3) is 0.438. The van der Waals surface area contributed by atoms with E-state index in [2.05, 4.69) is 34.6 Å². The van der Waals surface area contributed by atoms with Crippen LogP contribution in [0, 0.1) is 6.92 Å². The number of aryl methyl sites for hydroxylation is 1. The van der Waals surface area contributed by atoms with Gasteiger partial charge in [-0.25, -0.2) is 0 Å². The van der Waals surface area contributed by atoms with Gasteiger partial charge in [-0.05, 0) is 38.0 Å². The molecule has 0 saturated carbocycles. The molecule has 116 valence electrons. The molecule has 1 aliphatic rings. The number of carbonyl (C=O) groups excluding carboxylic acids is 1. The van der Waals surface area contributed by atoms with Gasteiger partial charge >= 0.3 is 0 Å². The Morgan fingerprint density at radius 3 is 2.95 bits per heavy atom. The zero-order valence-corrected chi connectivity index (χ0v) is 13.7. The molecule has 0 spiro atoms. The van der Waals surface area contributed by atoms with Gasteiger partial charge in [-0.15, -0.1) is 21.5 Å². The summed E-state index contributed by atoms with van der Waals surface area (Å²) in [4.78, 5) is 13.7. The lowest BCUT2D eigenvalue weighted by atomic mass is 10.1. The van der Waals surface area contributed by atoms with Gasteiger partial charge in [0, 0.05) is 24.7 Å². The molecule has 1 fully saturated rings. The van der Waals surface area contributed by atoms with Crippen molar-refractivity contribution in [1.29, 1.82) is 0 Å². The maximum Gasteiger partial charge on any atom is 0.227 e. The number of anilines is 1. The number of aromatic nitrogens is 2. The minimum absolute atomic E-state index is 0.196. The maximum absolute atomic E-state index is 11.9. The molecule has 0 radical (unpaired) electrons. The van der Waals surface area contributed by atoms with Crippen molar-refractivity contribution in [3.05, 3.63) is 39.8 Å². The van der Waals surface area contributed by atoms with E-state index in [1.165, 1.54) is 5.56 Å². The summed E-state index contributed by atoms with van der Waals surface area (Å²) in [7, 11) is 0. The molecule has 1 aliphatic heterocycles. The molecule has 3 rings (SSSR count). The van der Waals surface area contributed by atoms with E-state index in [4.69, 9.17) is 0 Å². The summed E-state index contributed by atoms with van der Waals surface area (Å²) < 4.78 is 0. The molecular formula is C16H20N4OS. The number of nitrogens with one attached hydrogen (secondary N) is 1. The van der Waals surface area contributed by atoms with Crippen LogP contribution in [0.2, 0.25) is 0 Å². The van der Waals surface area contributed by atoms with Crippen LogP contribution in [0.4, 0.5) is 5.69 Å². The second-order valence-corrected chi connectivity index (χ2v) is 6.83. The molecule has 0 aliphatic carbocycles. The van der Waals surface area contributed by atoms with E-state index in [0.717, 1.165) is 28.7 Å². The normalized spacial score (nSPS) is 16.3. The van der Waals surface area contributed by atoms with Crippen LogP contribution in [0.3, 0.4) is 0 Å². The highest BCUT2D eigenvalue weighted by atomic mass is 32.1. The number of carbonyl (C=O) groups is 1. The monoisotopic (exact) mass is 316 g/mol. The molecule has 1 saturated heterocycles. The van der Waals surface area contributed by atoms with E-state index in [1.807, 2.05) is 24.0 Å². The van der Waals surface area contributed by atoms with Crippen molar-refractivity contribution in [3.8, 4) is 0 Å². The number of nitrogens with zero attached hydrogens (tertiary/aromatic N) is 3. The van der Waals surface area contributed by atoms with E-state index in [-0.39, 0.29) is 11.9 Å². The van der Waals surface area contributed by atoms with Crippen molar-refractivity contribution < 1.29 is 4.79 Å². The smallest absolute Gasteiger partial charge is 0.227 e. The summed E-state index contributed by atoms with van der Waals surface area (Å²) in [6, 6.07) is 8.41. The third-order valence-electron chi connectivity index (χ3n) is 3.88. The number of hydrogen-bond acceptors (Lipinski definition) is 5. The topological polar surface area (TPSA) is 58.1 Å². The fourth-order valence-electron chi connectivity index (χ4n) is 2.65. The highest BCUT2D eigenvalue weighted by Crippen LogP contribution is 2.25. The highest BCUT2D eigenvalue weighted by Gasteiger charge is 2.22. The molecule has 1 unspecified atom stereocenters. The Kier molecular flexibility index (Phi) is 4.49. The van der Waals surface area contributed by atoms with Gasteiger partial charge in [-0.2, -0.15) is 0 Å². The SMILES string of the molecule is Cc1nnc(CNC(C)c2cccc(N3CCCC3=O)c2)s1. The molecule has 1 amide bonds. The van der Waals surface area contributed by atoms with Gasteiger partial charge < -0.3 is 10.2 Å². The molecule has 2 heterocycles. The van der Waals surface area contributed by atoms with E-state index in [0.29, 0.717) is 13.0 Å². The van der Waals surface area contributed by atoms with E-state index in [1.54, 1.807) is 11.3 Å². The first kappa shape index (κ1) is 15.1. The van der Waals surface area contributed by atoms with Crippen molar-refractivity contribution in [2.45, 2.75) is 39.3 Å². The first-order valence-corrected chi connectivity index (χ1v) is 8.38. The van der Waals surface area contributed by atoms with Crippen LogP contribution >= 0.6 is 11.3 Å². The highest BCUT2D eigenvalue weighted by molar-refractivity contribution is 7.11. The average molecular weight is 316 g/mol. The molecule has 6 heteroatoms. The summed E-state index contributed by atoms with van der Waals surface area (Å²) in [5, 5.41) is 13.6. The first-order chi connectivity index (χ1) is 10.6. The zero-order chi connectivity index (χ0) is 15.5. The minimum Gasteiger partial charge on any atom is -0.312 e. The molecule has 2 aromatic rings. The molecular weight excluding hydrogens is 296 g/mol. The summed E-state index contributed by atoms with van der Waals surface area (Å²) in [6.07, 6.45) is 1.61. The lowest BCUT2D eigenvalue weighted by Gasteiger charge is -2.19. The summed E-state index contributed by atoms with van der Waals surface area (Å²) >= 11 is 1.61. The van der Waals surface area contributed by atoms with Gasteiger partial charge in [0.1, 0.15) is 10.0 Å². The van der Waals surface area contributed by atoms with Gasteiger partial charge in [0.15, 0.2) is 0 Å². The first-order valence-electron chi connectivity index (χ1n) is 7.56. The quantitative estimate of drug-likeness (QED) is 0.921. The van der Waals surface area contributed by atoms with Gasteiger partial charge in [0.05, 0.1) is 6.54 Å². The van der Waals surface area contributed by atoms with Crippen molar-refractivity contribution >= 4 is 22.9 Å². The van der Waals surface area contributed by atoms with Crippen LogP contribution < -0.4 is 10.2 Å². The van der Waals surface area contributed by atoms with Gasteiger partial charge in [0.25, 0.3) is 0 Å². The Balaban J connectivity index is 1.67. The molecule has 22 heavy (non-hydrogen) atoms. The minimum atomic E-state index is 0.196. The Morgan fingerprint density at radius 1 is 1.41 bits per heavy atom. The molecule has 0 bridgehead atoms. The van der Waals surface area contributed by atoms with Crippen LogP contribution in [-0.2, 0) is 11.3 Å². The fourth-order valence-corrected chi connectivity index (χ4v) is 3.31. The predicted molar refractivity (Wildman–Crippen MR) is 87.9 cm³/mol. The number of rotatable bonds is 5. The summed E-state index contributed by atoms with van der Waals surface area (Å²) in [5.41, 5.74) is 2.18. The van der Waals surface area contributed by atoms with Gasteiger partial charge in [0.2, 0.25) is 5.91 Å². The largest absolute Gasteiger partial charge is 0.312 e. The summed E-state index contributed by atoms with van der Waals surface area (Å²) in [6.45, 7) is 5.62. The Morgan fingerprint density at radius 2 is 2.27 bits per heavy atom. The molecule has 1 N–H and O–H groups in total. The van der Waals surface area contributed by atoms with Crippen LogP contribution in [-0.4, -0.2) is 22.6 Å². The lowest BCUT2D eigenvalue weighted by Crippen LogP contribution is -2.24. The van der Waals surface area contributed by atoms with E-state index < -0.39 is 0 Å². The molecule has 1 aromatic heterocycles. The Labute approximate surface area is 134 Å². The average Bonchev–Trinajstić information content (AvgIpc) is 3.13. The second kappa shape index (κ2) is 6.54. The third-order valence-corrected chi connectivity index (χ3v) is 4.72. The van der Waals surface area contributed by atoms with E-state index >= 15 is 0 Å².